The Kier molecular flexibility index (Phi) is 7.70. The monoisotopic (exact) mass is 430 g/mol. The Morgan fingerprint density at radius 3 is 2.55 bits per heavy atom. The van der Waals surface area contributed by atoms with E-state index in [-0.39, 0.29) is 31.4 Å². The third-order valence-electron chi connectivity index (χ3n) is 6.72. The summed E-state index contributed by atoms with van der Waals surface area (Å²) in [7, 11) is 0. The summed E-state index contributed by atoms with van der Waals surface area (Å²) in [5, 5.41) is 19.6. The van der Waals surface area contributed by atoms with Crippen molar-refractivity contribution in [3.05, 3.63) is 35.9 Å². The zero-order valence-corrected chi connectivity index (χ0v) is 18.3. The molecule has 2 fully saturated rings. The summed E-state index contributed by atoms with van der Waals surface area (Å²) in [4.78, 5) is 42.9. The second kappa shape index (κ2) is 10.3. The molecule has 3 atom stereocenters. The number of carboxylic acid groups (broad SMARTS) is 1. The minimum atomic E-state index is -1.17. The number of carboxylic acids is 1. The van der Waals surface area contributed by atoms with Gasteiger partial charge in [-0.25, -0.2) is 0 Å². The molecule has 0 aliphatic carbocycles. The lowest BCUT2D eigenvalue weighted by Gasteiger charge is -2.41. The van der Waals surface area contributed by atoms with Crippen molar-refractivity contribution in [1.82, 2.24) is 9.80 Å². The number of hydrogen-bond acceptors (Lipinski definition) is 4. The second-order valence-corrected chi connectivity index (χ2v) is 8.73. The van der Waals surface area contributed by atoms with Crippen LogP contribution in [0.5, 0.6) is 0 Å². The van der Waals surface area contributed by atoms with Crippen molar-refractivity contribution < 1.29 is 24.6 Å². The first-order valence-corrected chi connectivity index (χ1v) is 11.5. The first-order chi connectivity index (χ1) is 15.0. The molecule has 0 bridgehead atoms. The first-order valence-electron chi connectivity index (χ1n) is 11.5. The average molecular weight is 431 g/mol. The number of nitrogens with zero attached hydrogens (tertiary/aromatic N) is 2. The van der Waals surface area contributed by atoms with E-state index in [9.17, 15) is 24.6 Å². The standard InChI is InChI=1S/C24H34N2O5/c1-2-3-5-12-20(28)26-21(18-10-6-4-7-11-18)19(22(29)30)17-24(26)13-8-9-14-25(15-16-27)23(24)31/h4,6-7,10-11,19,21,27H,2-3,5,8-9,12-17H2,1H3,(H,29,30)/t19-,21-,24-/m0/s1. The van der Waals surface area contributed by atoms with Gasteiger partial charge in [-0.3, -0.25) is 14.4 Å². The minimum absolute atomic E-state index is 0.113. The Balaban J connectivity index is 2.10. The molecule has 2 N–H and O–H groups in total. The molecule has 1 spiro atoms. The van der Waals surface area contributed by atoms with Crippen molar-refractivity contribution >= 4 is 17.8 Å². The topological polar surface area (TPSA) is 98.2 Å². The van der Waals surface area contributed by atoms with E-state index in [1.54, 1.807) is 9.80 Å². The quantitative estimate of drug-likeness (QED) is 0.618. The number of carbonyl (C=O) groups is 3. The van der Waals surface area contributed by atoms with Gasteiger partial charge in [0, 0.05) is 19.5 Å². The smallest absolute Gasteiger partial charge is 0.309 e. The maximum Gasteiger partial charge on any atom is 0.309 e. The lowest BCUT2D eigenvalue weighted by Crippen LogP contribution is -2.58. The van der Waals surface area contributed by atoms with Gasteiger partial charge in [0.2, 0.25) is 11.8 Å². The van der Waals surface area contributed by atoms with Crippen LogP contribution in [0.25, 0.3) is 0 Å². The average Bonchev–Trinajstić information content (AvgIpc) is 3.05. The van der Waals surface area contributed by atoms with Crippen LogP contribution in [-0.4, -0.2) is 63.0 Å². The highest BCUT2D eigenvalue weighted by Crippen LogP contribution is 2.51. The Morgan fingerprint density at radius 2 is 1.90 bits per heavy atom. The molecule has 3 rings (SSSR count). The predicted molar refractivity (Wildman–Crippen MR) is 116 cm³/mol. The molecule has 0 aromatic heterocycles. The third-order valence-corrected chi connectivity index (χ3v) is 6.72. The summed E-state index contributed by atoms with van der Waals surface area (Å²) >= 11 is 0. The summed E-state index contributed by atoms with van der Waals surface area (Å²) in [6.45, 7) is 2.63. The number of hydrogen-bond donors (Lipinski definition) is 2. The molecule has 1 aromatic carbocycles. The molecule has 2 aliphatic rings. The summed E-state index contributed by atoms with van der Waals surface area (Å²) in [5.41, 5.74) is -0.417. The van der Waals surface area contributed by atoms with E-state index in [1.165, 1.54) is 0 Å². The molecule has 7 nitrogen and oxygen atoms in total. The molecule has 0 saturated carbocycles. The first kappa shape index (κ1) is 23.3. The van der Waals surface area contributed by atoms with Gasteiger partial charge in [-0.05, 0) is 37.7 Å². The Labute approximate surface area is 184 Å². The van der Waals surface area contributed by atoms with Gasteiger partial charge in [-0.2, -0.15) is 0 Å². The van der Waals surface area contributed by atoms with Crippen LogP contribution in [0, 0.1) is 5.92 Å². The van der Waals surface area contributed by atoms with E-state index in [0.717, 1.165) is 37.7 Å². The third kappa shape index (κ3) is 4.61. The Hall–Kier alpha value is -2.41. The molecule has 170 valence electrons. The number of amides is 2. The van der Waals surface area contributed by atoms with Crippen molar-refractivity contribution in [3.63, 3.8) is 0 Å². The summed E-state index contributed by atoms with van der Waals surface area (Å²) in [5.74, 6) is -2.20. The van der Waals surface area contributed by atoms with E-state index >= 15 is 0 Å². The SMILES string of the molecule is CCCCCC(=O)N1[C@@H](c2ccccc2)[C@@H](C(=O)O)C[C@]12CCCCN(CCO)C2=O. The predicted octanol–water partition coefficient (Wildman–Crippen LogP) is 2.98. The number of benzene rings is 1. The zero-order valence-electron chi connectivity index (χ0n) is 18.3. The normalized spacial score (nSPS) is 26.3. The number of aliphatic hydroxyl groups is 1. The number of likely N-dealkylation sites (tertiary alicyclic amines) is 2. The van der Waals surface area contributed by atoms with Crippen molar-refractivity contribution in [2.75, 3.05) is 19.7 Å². The molecular formula is C24H34N2O5. The number of rotatable bonds is 8. The molecule has 2 aliphatic heterocycles. The van der Waals surface area contributed by atoms with Crippen molar-refractivity contribution in [2.45, 2.75) is 69.9 Å². The molecule has 0 unspecified atom stereocenters. The van der Waals surface area contributed by atoms with E-state index in [4.69, 9.17) is 0 Å². The minimum Gasteiger partial charge on any atom is -0.481 e. The van der Waals surface area contributed by atoms with Crippen molar-refractivity contribution in [1.29, 1.82) is 0 Å². The van der Waals surface area contributed by atoms with Gasteiger partial charge >= 0.3 is 5.97 Å². The zero-order chi connectivity index (χ0) is 22.4. The van der Waals surface area contributed by atoms with Crippen LogP contribution in [-0.2, 0) is 14.4 Å². The van der Waals surface area contributed by atoms with E-state index in [0.29, 0.717) is 19.4 Å². The fourth-order valence-corrected chi connectivity index (χ4v) is 5.28. The van der Waals surface area contributed by atoms with Crippen LogP contribution in [0.3, 0.4) is 0 Å². The van der Waals surface area contributed by atoms with Gasteiger partial charge in [0.05, 0.1) is 18.6 Å². The van der Waals surface area contributed by atoms with E-state index < -0.39 is 23.5 Å². The lowest BCUT2D eigenvalue weighted by atomic mass is 9.85. The largest absolute Gasteiger partial charge is 0.481 e. The van der Waals surface area contributed by atoms with Gasteiger partial charge in [-0.15, -0.1) is 0 Å². The van der Waals surface area contributed by atoms with Gasteiger partial charge in [0.1, 0.15) is 5.54 Å². The number of aliphatic hydroxyl groups excluding tert-OH is 1. The summed E-state index contributed by atoms with van der Waals surface area (Å²) in [6, 6.07) is 8.55. The molecular weight excluding hydrogens is 396 g/mol. The molecule has 1 aromatic rings. The van der Waals surface area contributed by atoms with Crippen molar-refractivity contribution in [2.24, 2.45) is 5.92 Å². The van der Waals surface area contributed by atoms with Crippen LogP contribution >= 0.6 is 0 Å². The van der Waals surface area contributed by atoms with Crippen LogP contribution in [0.4, 0.5) is 0 Å². The highest BCUT2D eigenvalue weighted by atomic mass is 16.4. The van der Waals surface area contributed by atoms with Crippen LogP contribution in [0.1, 0.15) is 69.9 Å². The Morgan fingerprint density at radius 1 is 1.16 bits per heavy atom. The second-order valence-electron chi connectivity index (χ2n) is 8.73. The number of unbranched alkanes of at least 4 members (excludes halogenated alkanes) is 2. The highest BCUT2D eigenvalue weighted by Gasteiger charge is 2.61. The van der Waals surface area contributed by atoms with Crippen LogP contribution < -0.4 is 0 Å². The number of β-amino-alcohol motifs (C(OH)–C–C–N with tert-alkyl or cyclic N) is 1. The Bertz CT molecular complexity index is 783. The van der Waals surface area contributed by atoms with E-state index in [1.807, 2.05) is 30.3 Å². The lowest BCUT2D eigenvalue weighted by molar-refractivity contribution is -0.154. The molecule has 7 heteroatoms. The van der Waals surface area contributed by atoms with Crippen LogP contribution in [0.15, 0.2) is 30.3 Å². The maximum atomic E-state index is 13.8. The van der Waals surface area contributed by atoms with Gasteiger partial charge in [0.25, 0.3) is 0 Å². The van der Waals surface area contributed by atoms with Gasteiger partial charge in [-0.1, -0.05) is 50.1 Å². The highest BCUT2D eigenvalue weighted by molar-refractivity contribution is 5.94. The fraction of sp³-hybridized carbons (Fsp3) is 0.625. The number of carbonyl (C=O) groups excluding carboxylic acids is 2. The maximum absolute atomic E-state index is 13.8. The van der Waals surface area contributed by atoms with Gasteiger partial charge < -0.3 is 20.0 Å². The van der Waals surface area contributed by atoms with E-state index in [2.05, 4.69) is 6.92 Å². The van der Waals surface area contributed by atoms with Crippen LogP contribution in [0.2, 0.25) is 0 Å². The van der Waals surface area contributed by atoms with Gasteiger partial charge in [0.15, 0.2) is 0 Å². The molecule has 2 heterocycles. The summed E-state index contributed by atoms with van der Waals surface area (Å²) in [6.07, 6.45) is 4.99. The molecule has 31 heavy (non-hydrogen) atoms. The molecule has 0 radical (unpaired) electrons. The fourth-order valence-electron chi connectivity index (χ4n) is 5.28. The molecule has 2 saturated heterocycles. The number of aliphatic carboxylic acids is 1. The molecule has 2 amide bonds. The summed E-state index contributed by atoms with van der Waals surface area (Å²) < 4.78 is 0. The van der Waals surface area contributed by atoms with Crippen molar-refractivity contribution in [3.8, 4) is 0 Å².